The van der Waals surface area contributed by atoms with Gasteiger partial charge in [-0.2, -0.15) is 0 Å². The van der Waals surface area contributed by atoms with Crippen molar-refractivity contribution in [1.29, 1.82) is 0 Å². The smallest absolute Gasteiger partial charge is 0.308 e. The number of nitrogens with zero attached hydrogens (tertiary/aromatic N) is 2. The first-order valence-corrected chi connectivity index (χ1v) is 9.75. The lowest BCUT2D eigenvalue weighted by Crippen LogP contribution is -2.49. The van der Waals surface area contributed by atoms with Gasteiger partial charge in [-0.05, 0) is 59.2 Å². The lowest BCUT2D eigenvalue weighted by molar-refractivity contribution is -0.120. The van der Waals surface area contributed by atoms with Crippen molar-refractivity contribution in [2.45, 2.75) is 12.8 Å². The van der Waals surface area contributed by atoms with Crippen LogP contribution in [-0.4, -0.2) is 30.9 Å². The molecular formula is C23H18FN3O3. The van der Waals surface area contributed by atoms with Gasteiger partial charge in [-0.15, -0.1) is 0 Å². The molecule has 0 atom stereocenters. The molecular weight excluding hydrogens is 385 g/mol. The SMILES string of the molecule is O=C1CCN(c2ccc3ccc(C(=O)N4CCc5ccc(F)cc54)cc3c2)C(=O)N1. The number of hydrogen-bond donors (Lipinski definition) is 1. The summed E-state index contributed by atoms with van der Waals surface area (Å²) in [4.78, 5) is 39.8. The molecule has 5 rings (SSSR count). The molecule has 0 radical (unpaired) electrons. The summed E-state index contributed by atoms with van der Waals surface area (Å²) in [5.41, 5.74) is 2.72. The molecule has 6 nitrogen and oxygen atoms in total. The second-order valence-corrected chi connectivity index (χ2v) is 7.48. The van der Waals surface area contributed by atoms with E-state index in [1.165, 1.54) is 17.0 Å². The van der Waals surface area contributed by atoms with Gasteiger partial charge in [0.15, 0.2) is 0 Å². The molecule has 3 aromatic carbocycles. The van der Waals surface area contributed by atoms with Crippen LogP contribution in [0.4, 0.5) is 20.6 Å². The molecule has 0 saturated carbocycles. The number of hydrogen-bond acceptors (Lipinski definition) is 3. The Bertz CT molecular complexity index is 1220. The summed E-state index contributed by atoms with van der Waals surface area (Å²) >= 11 is 0. The molecule has 0 aliphatic carbocycles. The van der Waals surface area contributed by atoms with E-state index in [1.54, 1.807) is 23.1 Å². The number of fused-ring (bicyclic) bond motifs is 2. The van der Waals surface area contributed by atoms with Gasteiger partial charge < -0.3 is 4.90 Å². The summed E-state index contributed by atoms with van der Waals surface area (Å²) in [5.74, 6) is -0.838. The van der Waals surface area contributed by atoms with Gasteiger partial charge in [0.2, 0.25) is 5.91 Å². The summed E-state index contributed by atoms with van der Waals surface area (Å²) in [6.07, 6.45) is 0.940. The van der Waals surface area contributed by atoms with Gasteiger partial charge in [0.25, 0.3) is 5.91 Å². The van der Waals surface area contributed by atoms with Crippen LogP contribution in [0, 0.1) is 5.82 Å². The number of rotatable bonds is 2. The summed E-state index contributed by atoms with van der Waals surface area (Å²) in [6, 6.07) is 15.0. The second kappa shape index (κ2) is 6.95. The molecule has 0 unspecified atom stereocenters. The van der Waals surface area contributed by atoms with Crippen molar-refractivity contribution >= 4 is 40.0 Å². The first-order valence-electron chi connectivity index (χ1n) is 9.75. The number of anilines is 2. The highest BCUT2D eigenvalue weighted by molar-refractivity contribution is 6.10. The van der Waals surface area contributed by atoms with Crippen molar-refractivity contribution in [1.82, 2.24) is 5.32 Å². The highest BCUT2D eigenvalue weighted by Crippen LogP contribution is 2.31. The predicted octanol–water partition coefficient (Wildman–Crippen LogP) is 3.63. The van der Waals surface area contributed by atoms with Crippen LogP contribution in [0.2, 0.25) is 0 Å². The molecule has 2 aliphatic heterocycles. The predicted molar refractivity (Wildman–Crippen MR) is 111 cm³/mol. The van der Waals surface area contributed by atoms with E-state index in [4.69, 9.17) is 0 Å². The van der Waals surface area contributed by atoms with Crippen LogP contribution in [0.15, 0.2) is 54.6 Å². The van der Waals surface area contributed by atoms with E-state index in [-0.39, 0.29) is 24.1 Å². The fourth-order valence-corrected chi connectivity index (χ4v) is 4.06. The van der Waals surface area contributed by atoms with Crippen LogP contribution in [0.5, 0.6) is 0 Å². The molecule has 0 aromatic heterocycles. The largest absolute Gasteiger partial charge is 0.328 e. The molecule has 4 amide bonds. The lowest BCUT2D eigenvalue weighted by Gasteiger charge is -2.26. The van der Waals surface area contributed by atoms with Gasteiger partial charge in [-0.1, -0.05) is 18.2 Å². The molecule has 1 N–H and O–H groups in total. The van der Waals surface area contributed by atoms with Crippen molar-refractivity contribution in [2.75, 3.05) is 22.9 Å². The maximum atomic E-state index is 13.7. The van der Waals surface area contributed by atoms with Crippen molar-refractivity contribution in [3.05, 3.63) is 71.5 Å². The normalized spacial score (nSPS) is 16.0. The van der Waals surface area contributed by atoms with Crippen molar-refractivity contribution < 1.29 is 18.8 Å². The number of halogens is 1. The minimum atomic E-state index is -0.450. The molecule has 1 saturated heterocycles. The number of amides is 4. The number of imide groups is 1. The summed E-state index contributed by atoms with van der Waals surface area (Å²) in [6.45, 7) is 0.822. The van der Waals surface area contributed by atoms with E-state index in [0.717, 1.165) is 16.3 Å². The van der Waals surface area contributed by atoms with E-state index in [9.17, 15) is 18.8 Å². The van der Waals surface area contributed by atoms with E-state index in [1.807, 2.05) is 24.3 Å². The molecule has 1 fully saturated rings. The number of urea groups is 1. The lowest BCUT2D eigenvalue weighted by atomic mass is 10.0. The Balaban J connectivity index is 1.48. The van der Waals surface area contributed by atoms with Gasteiger partial charge in [0.05, 0.1) is 5.69 Å². The highest BCUT2D eigenvalue weighted by Gasteiger charge is 2.27. The van der Waals surface area contributed by atoms with Crippen molar-refractivity contribution in [3.63, 3.8) is 0 Å². The molecule has 30 heavy (non-hydrogen) atoms. The van der Waals surface area contributed by atoms with E-state index >= 15 is 0 Å². The molecule has 2 heterocycles. The van der Waals surface area contributed by atoms with Crippen LogP contribution in [0.3, 0.4) is 0 Å². The first kappa shape index (κ1) is 18.3. The zero-order chi connectivity index (χ0) is 20.8. The van der Waals surface area contributed by atoms with Crippen LogP contribution in [0.1, 0.15) is 22.3 Å². The third kappa shape index (κ3) is 3.08. The van der Waals surface area contributed by atoms with Crippen molar-refractivity contribution in [2.24, 2.45) is 0 Å². The topological polar surface area (TPSA) is 69.7 Å². The molecule has 2 aliphatic rings. The quantitative estimate of drug-likeness (QED) is 0.711. The number of carbonyl (C=O) groups is 3. The average molecular weight is 403 g/mol. The maximum Gasteiger partial charge on any atom is 0.328 e. The van der Waals surface area contributed by atoms with Crippen LogP contribution in [-0.2, 0) is 11.2 Å². The number of nitrogens with one attached hydrogen (secondary N) is 1. The Morgan fingerprint density at radius 2 is 1.73 bits per heavy atom. The number of benzene rings is 3. The monoisotopic (exact) mass is 403 g/mol. The third-order valence-corrected chi connectivity index (χ3v) is 5.62. The van der Waals surface area contributed by atoms with E-state index < -0.39 is 6.03 Å². The molecule has 0 bridgehead atoms. The fraction of sp³-hybridized carbons (Fsp3) is 0.174. The van der Waals surface area contributed by atoms with Crippen molar-refractivity contribution in [3.8, 4) is 0 Å². The van der Waals surface area contributed by atoms with Crippen LogP contribution in [0.25, 0.3) is 10.8 Å². The Labute approximate surface area is 171 Å². The maximum absolute atomic E-state index is 13.7. The van der Waals surface area contributed by atoms with Gasteiger partial charge in [0, 0.05) is 30.8 Å². The Hall–Kier alpha value is -3.74. The Kier molecular flexibility index (Phi) is 4.24. The van der Waals surface area contributed by atoms with E-state index in [2.05, 4.69) is 5.32 Å². The molecule has 7 heteroatoms. The minimum Gasteiger partial charge on any atom is -0.308 e. The second-order valence-electron chi connectivity index (χ2n) is 7.48. The van der Waals surface area contributed by atoms with Crippen LogP contribution < -0.4 is 15.1 Å². The zero-order valence-electron chi connectivity index (χ0n) is 16.0. The Morgan fingerprint density at radius 1 is 0.900 bits per heavy atom. The molecule has 3 aromatic rings. The van der Waals surface area contributed by atoms with E-state index in [0.29, 0.717) is 36.4 Å². The molecule has 150 valence electrons. The zero-order valence-corrected chi connectivity index (χ0v) is 16.0. The summed E-state index contributed by atoms with van der Waals surface area (Å²) < 4.78 is 13.7. The molecule has 0 spiro atoms. The average Bonchev–Trinajstić information content (AvgIpc) is 3.15. The highest BCUT2D eigenvalue weighted by atomic mass is 19.1. The van der Waals surface area contributed by atoms with Crippen LogP contribution >= 0.6 is 0 Å². The minimum absolute atomic E-state index is 0.187. The van der Waals surface area contributed by atoms with Gasteiger partial charge in [0.1, 0.15) is 5.82 Å². The summed E-state index contributed by atoms with van der Waals surface area (Å²) in [7, 11) is 0. The fourth-order valence-electron chi connectivity index (χ4n) is 4.06. The standard InChI is InChI=1S/C23H18FN3O3/c24-18-5-3-15-7-9-27(20(15)13-18)22(29)16-2-1-14-4-6-19(12-17(14)11-16)26-10-8-21(28)25-23(26)30/h1-6,11-13H,7-10H2,(H,25,28,30). The Morgan fingerprint density at radius 3 is 2.57 bits per heavy atom. The first-order chi connectivity index (χ1) is 14.5. The number of carbonyl (C=O) groups excluding carboxylic acids is 3. The van der Waals surface area contributed by atoms with Gasteiger partial charge in [-0.25, -0.2) is 9.18 Å². The van der Waals surface area contributed by atoms with Gasteiger partial charge >= 0.3 is 6.03 Å². The summed E-state index contributed by atoms with van der Waals surface area (Å²) in [5, 5.41) is 4.05. The van der Waals surface area contributed by atoms with Gasteiger partial charge in [-0.3, -0.25) is 19.8 Å². The third-order valence-electron chi connectivity index (χ3n) is 5.62.